The Labute approximate surface area is 94.6 Å². The average molecular weight is 222 g/mol. The highest BCUT2D eigenvalue weighted by Gasteiger charge is 2.15. The first-order valence-corrected chi connectivity index (χ1v) is 5.21. The van der Waals surface area contributed by atoms with Crippen LogP contribution in [0.25, 0.3) is 0 Å². The average Bonchev–Trinajstić information content (AvgIpc) is 2.28. The van der Waals surface area contributed by atoms with Crippen LogP contribution in [0.5, 0.6) is 0 Å². The monoisotopic (exact) mass is 222 g/mol. The van der Waals surface area contributed by atoms with Gasteiger partial charge in [0.25, 0.3) is 5.91 Å². The van der Waals surface area contributed by atoms with Crippen molar-refractivity contribution < 1.29 is 9.18 Å². The van der Waals surface area contributed by atoms with Crippen molar-refractivity contribution in [3.05, 3.63) is 42.5 Å². The Morgan fingerprint density at radius 2 is 2.38 bits per heavy atom. The first kappa shape index (κ1) is 12.4. The van der Waals surface area contributed by atoms with Crippen molar-refractivity contribution in [1.82, 2.24) is 9.88 Å². The molecule has 1 heterocycles. The van der Waals surface area contributed by atoms with Gasteiger partial charge in [0.05, 0.1) is 0 Å². The molecule has 0 spiro atoms. The molecule has 86 valence electrons. The quantitative estimate of drug-likeness (QED) is 0.565. The fourth-order valence-electron chi connectivity index (χ4n) is 1.39. The van der Waals surface area contributed by atoms with E-state index in [0.29, 0.717) is 13.1 Å². The van der Waals surface area contributed by atoms with Crippen LogP contribution in [-0.4, -0.2) is 28.9 Å². The Hall–Kier alpha value is -1.71. The van der Waals surface area contributed by atoms with Gasteiger partial charge in [-0.3, -0.25) is 4.79 Å². The largest absolute Gasteiger partial charge is 0.334 e. The predicted octanol–water partition coefficient (Wildman–Crippen LogP) is 2.26. The van der Waals surface area contributed by atoms with Crippen molar-refractivity contribution in [3.63, 3.8) is 0 Å². The van der Waals surface area contributed by atoms with Gasteiger partial charge in [-0.15, -0.1) is 6.58 Å². The van der Waals surface area contributed by atoms with Crippen molar-refractivity contribution in [2.75, 3.05) is 13.1 Å². The summed E-state index contributed by atoms with van der Waals surface area (Å²) in [5.74, 6) is -0.901. The number of nitrogens with zero attached hydrogens (tertiary/aromatic N) is 2. The van der Waals surface area contributed by atoms with Gasteiger partial charge in [-0.25, -0.2) is 4.98 Å². The van der Waals surface area contributed by atoms with Gasteiger partial charge in [-0.1, -0.05) is 19.1 Å². The van der Waals surface area contributed by atoms with E-state index in [1.165, 1.54) is 18.2 Å². The number of pyridine rings is 1. The summed E-state index contributed by atoms with van der Waals surface area (Å²) in [4.78, 5) is 17.1. The maximum Gasteiger partial charge on any atom is 0.272 e. The van der Waals surface area contributed by atoms with Crippen LogP contribution >= 0.6 is 0 Å². The zero-order valence-electron chi connectivity index (χ0n) is 9.32. The molecular weight excluding hydrogens is 207 g/mol. The zero-order valence-corrected chi connectivity index (χ0v) is 9.32. The molecule has 1 amide bonds. The fourth-order valence-corrected chi connectivity index (χ4v) is 1.39. The molecule has 0 bridgehead atoms. The lowest BCUT2D eigenvalue weighted by molar-refractivity contribution is 0.0767. The number of aromatic nitrogens is 1. The maximum atomic E-state index is 12.9. The minimum Gasteiger partial charge on any atom is -0.334 e. The van der Waals surface area contributed by atoms with Crippen LogP contribution in [0, 0.1) is 5.95 Å². The van der Waals surface area contributed by atoms with E-state index in [2.05, 4.69) is 11.6 Å². The van der Waals surface area contributed by atoms with Gasteiger partial charge in [0.2, 0.25) is 5.95 Å². The van der Waals surface area contributed by atoms with E-state index in [4.69, 9.17) is 0 Å². The molecule has 4 heteroatoms. The van der Waals surface area contributed by atoms with Crippen molar-refractivity contribution in [2.24, 2.45) is 0 Å². The topological polar surface area (TPSA) is 33.2 Å². The van der Waals surface area contributed by atoms with Crippen LogP contribution in [0.4, 0.5) is 4.39 Å². The molecule has 1 aromatic heterocycles. The van der Waals surface area contributed by atoms with Gasteiger partial charge in [0, 0.05) is 13.1 Å². The molecule has 0 aliphatic rings. The fraction of sp³-hybridized carbons (Fsp3) is 0.333. The summed E-state index contributed by atoms with van der Waals surface area (Å²) >= 11 is 0. The second kappa shape index (κ2) is 6.00. The smallest absolute Gasteiger partial charge is 0.272 e. The SMILES string of the molecule is C=CCN(CCC)C(=O)c1cccc(F)n1. The number of halogens is 1. The number of amides is 1. The van der Waals surface area contributed by atoms with E-state index in [1.54, 1.807) is 11.0 Å². The normalized spacial score (nSPS) is 9.88. The molecule has 0 N–H and O–H groups in total. The Morgan fingerprint density at radius 1 is 1.62 bits per heavy atom. The lowest BCUT2D eigenvalue weighted by Crippen LogP contribution is -2.32. The molecule has 1 aromatic rings. The van der Waals surface area contributed by atoms with Gasteiger partial charge in [0.15, 0.2) is 0 Å². The molecule has 16 heavy (non-hydrogen) atoms. The molecule has 0 radical (unpaired) electrons. The summed E-state index contributed by atoms with van der Waals surface area (Å²) in [6.07, 6.45) is 2.49. The highest BCUT2D eigenvalue weighted by molar-refractivity contribution is 5.92. The number of rotatable bonds is 5. The summed E-state index contributed by atoms with van der Waals surface area (Å²) in [5, 5.41) is 0. The first-order chi connectivity index (χ1) is 7.69. The molecule has 0 saturated carbocycles. The molecule has 0 fully saturated rings. The molecular formula is C12H15FN2O. The lowest BCUT2D eigenvalue weighted by Gasteiger charge is -2.19. The second-order valence-corrected chi connectivity index (χ2v) is 3.39. The number of carbonyl (C=O) groups is 1. The molecule has 0 aliphatic carbocycles. The summed E-state index contributed by atoms with van der Waals surface area (Å²) in [7, 11) is 0. The number of hydrogen-bond acceptors (Lipinski definition) is 2. The standard InChI is InChI=1S/C12H15FN2O/c1-3-8-15(9-4-2)12(16)10-6-5-7-11(13)14-10/h3,5-7H,1,4,8-9H2,2H3. The molecule has 0 saturated heterocycles. The highest BCUT2D eigenvalue weighted by Crippen LogP contribution is 2.04. The van der Waals surface area contributed by atoms with Crippen molar-refractivity contribution in [1.29, 1.82) is 0 Å². The van der Waals surface area contributed by atoms with E-state index < -0.39 is 5.95 Å². The van der Waals surface area contributed by atoms with E-state index in [0.717, 1.165) is 6.42 Å². The van der Waals surface area contributed by atoms with Gasteiger partial charge in [-0.05, 0) is 18.6 Å². The first-order valence-electron chi connectivity index (χ1n) is 5.21. The van der Waals surface area contributed by atoms with Gasteiger partial charge >= 0.3 is 0 Å². The third-order valence-electron chi connectivity index (χ3n) is 2.06. The molecule has 3 nitrogen and oxygen atoms in total. The van der Waals surface area contributed by atoms with Crippen LogP contribution in [0.3, 0.4) is 0 Å². The Morgan fingerprint density at radius 3 is 2.94 bits per heavy atom. The Bertz CT molecular complexity index is 379. The summed E-state index contributed by atoms with van der Waals surface area (Å²) in [6.45, 7) is 6.63. The molecule has 0 atom stereocenters. The number of carbonyl (C=O) groups excluding carboxylic acids is 1. The predicted molar refractivity (Wildman–Crippen MR) is 60.6 cm³/mol. The van der Waals surface area contributed by atoms with Crippen molar-refractivity contribution in [2.45, 2.75) is 13.3 Å². The van der Waals surface area contributed by atoms with E-state index in [1.807, 2.05) is 6.92 Å². The van der Waals surface area contributed by atoms with Crippen LogP contribution in [0.1, 0.15) is 23.8 Å². The van der Waals surface area contributed by atoms with E-state index >= 15 is 0 Å². The second-order valence-electron chi connectivity index (χ2n) is 3.39. The Balaban J connectivity index is 2.85. The third kappa shape index (κ3) is 3.15. The van der Waals surface area contributed by atoms with E-state index in [-0.39, 0.29) is 11.6 Å². The van der Waals surface area contributed by atoms with Gasteiger partial charge < -0.3 is 4.90 Å². The number of hydrogen-bond donors (Lipinski definition) is 0. The summed E-state index contributed by atoms with van der Waals surface area (Å²) < 4.78 is 12.9. The molecule has 0 aromatic carbocycles. The van der Waals surface area contributed by atoms with Crippen molar-refractivity contribution >= 4 is 5.91 Å². The van der Waals surface area contributed by atoms with E-state index in [9.17, 15) is 9.18 Å². The summed E-state index contributed by atoms with van der Waals surface area (Å²) in [5.41, 5.74) is 0.135. The minimum absolute atomic E-state index is 0.135. The van der Waals surface area contributed by atoms with Crippen LogP contribution in [0.15, 0.2) is 30.9 Å². The maximum absolute atomic E-state index is 12.9. The lowest BCUT2D eigenvalue weighted by atomic mass is 10.3. The van der Waals surface area contributed by atoms with Crippen LogP contribution < -0.4 is 0 Å². The van der Waals surface area contributed by atoms with Gasteiger partial charge in [-0.2, -0.15) is 4.39 Å². The van der Waals surface area contributed by atoms with Gasteiger partial charge in [0.1, 0.15) is 5.69 Å². The minimum atomic E-state index is -0.638. The summed E-state index contributed by atoms with van der Waals surface area (Å²) in [6, 6.07) is 4.21. The highest BCUT2D eigenvalue weighted by atomic mass is 19.1. The van der Waals surface area contributed by atoms with Crippen LogP contribution in [-0.2, 0) is 0 Å². The third-order valence-corrected chi connectivity index (χ3v) is 2.06. The zero-order chi connectivity index (χ0) is 12.0. The van der Waals surface area contributed by atoms with Crippen LogP contribution in [0.2, 0.25) is 0 Å². The molecule has 1 rings (SSSR count). The molecule has 0 unspecified atom stereocenters. The van der Waals surface area contributed by atoms with Crippen molar-refractivity contribution in [3.8, 4) is 0 Å². The Kier molecular flexibility index (Phi) is 4.64. The molecule has 0 aliphatic heterocycles.